The summed E-state index contributed by atoms with van der Waals surface area (Å²) in [6.45, 7) is 7.48. The third-order valence-electron chi connectivity index (χ3n) is 5.61. The molecule has 9 nitrogen and oxygen atoms in total. The number of benzene rings is 1. The minimum atomic E-state index is -0.491. The molecule has 2 amide bonds. The lowest BCUT2D eigenvalue weighted by Gasteiger charge is -2.33. The van der Waals surface area contributed by atoms with Gasteiger partial charge in [-0.3, -0.25) is 9.20 Å². The van der Waals surface area contributed by atoms with Crippen LogP contribution < -0.4 is 10.6 Å². The lowest BCUT2D eigenvalue weighted by molar-refractivity contribution is 0.0183. The van der Waals surface area contributed by atoms with Crippen molar-refractivity contribution in [3.8, 4) is 0 Å². The summed E-state index contributed by atoms with van der Waals surface area (Å²) in [4.78, 5) is 35.3. The topological polar surface area (TPSA) is 101 Å². The first-order valence-corrected chi connectivity index (χ1v) is 12.4. The van der Waals surface area contributed by atoms with Crippen LogP contribution in [0.1, 0.15) is 44.0 Å². The summed E-state index contributed by atoms with van der Waals surface area (Å²) in [7, 11) is 0. The van der Waals surface area contributed by atoms with Crippen LogP contribution in [0.2, 0.25) is 0 Å². The van der Waals surface area contributed by atoms with E-state index in [0.29, 0.717) is 36.9 Å². The zero-order chi connectivity index (χ0) is 24.3. The van der Waals surface area contributed by atoms with Gasteiger partial charge in [0.25, 0.3) is 5.91 Å². The summed E-state index contributed by atoms with van der Waals surface area (Å²) in [6.07, 6.45) is 6.79. The molecule has 0 bridgehead atoms. The molecule has 1 aromatic carbocycles. The summed E-state index contributed by atoms with van der Waals surface area (Å²) in [5, 5.41) is 6.29. The number of rotatable bonds is 5. The third-order valence-corrected chi connectivity index (χ3v) is 6.41. The highest BCUT2D eigenvalue weighted by molar-refractivity contribution is 14.1. The summed E-state index contributed by atoms with van der Waals surface area (Å²) in [5.41, 5.74) is 1.67. The van der Waals surface area contributed by atoms with E-state index in [9.17, 15) is 9.59 Å². The highest BCUT2D eigenvalue weighted by atomic mass is 127. The summed E-state index contributed by atoms with van der Waals surface area (Å²) >= 11 is 2.22. The van der Waals surface area contributed by atoms with Gasteiger partial charge in [0.1, 0.15) is 9.30 Å². The number of likely N-dealkylation sites (tertiary alicyclic amines) is 1. The molecule has 1 fully saturated rings. The van der Waals surface area contributed by atoms with Gasteiger partial charge in [-0.2, -0.15) is 0 Å². The smallest absolute Gasteiger partial charge is 0.410 e. The van der Waals surface area contributed by atoms with Crippen molar-refractivity contribution < 1.29 is 14.3 Å². The number of anilines is 2. The van der Waals surface area contributed by atoms with Crippen LogP contribution in [0.15, 0.2) is 42.9 Å². The molecule has 4 rings (SSSR count). The molecule has 180 valence electrons. The van der Waals surface area contributed by atoms with Gasteiger partial charge < -0.3 is 20.3 Å². The number of piperidine rings is 1. The SMILES string of the molecule is CC(C)(C)OC(=O)N1CCC(CNC(=O)c2ccc(Nc3nccn4c(I)cnc34)cc2)CC1. The van der Waals surface area contributed by atoms with E-state index in [-0.39, 0.29) is 12.0 Å². The highest BCUT2D eigenvalue weighted by Crippen LogP contribution is 2.22. The molecule has 0 atom stereocenters. The molecule has 3 heterocycles. The number of fused-ring (bicyclic) bond motifs is 1. The maximum absolute atomic E-state index is 12.6. The van der Waals surface area contributed by atoms with Crippen LogP contribution in [0.5, 0.6) is 0 Å². The van der Waals surface area contributed by atoms with E-state index in [2.05, 4.69) is 43.2 Å². The fraction of sp³-hybridized carbons (Fsp3) is 0.417. The van der Waals surface area contributed by atoms with Crippen LogP contribution in [0, 0.1) is 9.62 Å². The molecule has 1 saturated heterocycles. The van der Waals surface area contributed by atoms with E-state index in [0.717, 1.165) is 27.9 Å². The number of carbonyl (C=O) groups is 2. The van der Waals surface area contributed by atoms with Crippen LogP contribution in [0.3, 0.4) is 0 Å². The average Bonchev–Trinajstić information content (AvgIpc) is 3.19. The number of imidazole rings is 1. The number of carbonyl (C=O) groups excluding carboxylic acids is 2. The van der Waals surface area contributed by atoms with Gasteiger partial charge in [0.05, 0.1) is 6.20 Å². The van der Waals surface area contributed by atoms with Crippen molar-refractivity contribution in [2.24, 2.45) is 5.92 Å². The molecular formula is C24H29IN6O3. The maximum Gasteiger partial charge on any atom is 0.410 e. The Labute approximate surface area is 212 Å². The Bertz CT molecular complexity index is 1160. The molecule has 1 aliphatic rings. The van der Waals surface area contributed by atoms with Crippen LogP contribution in [-0.4, -0.2) is 56.5 Å². The van der Waals surface area contributed by atoms with Gasteiger partial charge in [-0.05, 0) is 86.4 Å². The summed E-state index contributed by atoms with van der Waals surface area (Å²) in [6, 6.07) is 7.29. The maximum atomic E-state index is 12.6. The molecule has 0 radical (unpaired) electrons. The number of hydrogen-bond acceptors (Lipinski definition) is 6. The summed E-state index contributed by atoms with van der Waals surface area (Å²) in [5.74, 6) is 0.886. The Morgan fingerprint density at radius 2 is 1.85 bits per heavy atom. The number of halogens is 1. The predicted molar refractivity (Wildman–Crippen MR) is 138 cm³/mol. The molecule has 0 saturated carbocycles. The fourth-order valence-corrected chi connectivity index (χ4v) is 4.33. The molecular weight excluding hydrogens is 547 g/mol. The second-order valence-electron chi connectivity index (χ2n) is 9.37. The van der Waals surface area contributed by atoms with Crippen molar-refractivity contribution in [1.29, 1.82) is 0 Å². The van der Waals surface area contributed by atoms with Crippen molar-refractivity contribution in [3.63, 3.8) is 0 Å². The minimum Gasteiger partial charge on any atom is -0.444 e. The quantitative estimate of drug-likeness (QED) is 0.436. The van der Waals surface area contributed by atoms with Crippen molar-refractivity contribution in [2.75, 3.05) is 25.0 Å². The first-order valence-electron chi connectivity index (χ1n) is 11.3. The number of nitrogens with one attached hydrogen (secondary N) is 2. The molecule has 2 aromatic heterocycles. The predicted octanol–water partition coefficient (Wildman–Crippen LogP) is 4.45. The van der Waals surface area contributed by atoms with Crippen LogP contribution in [-0.2, 0) is 4.74 Å². The van der Waals surface area contributed by atoms with Gasteiger partial charge in [-0.1, -0.05) is 0 Å². The molecule has 34 heavy (non-hydrogen) atoms. The largest absolute Gasteiger partial charge is 0.444 e. The fourth-order valence-electron chi connectivity index (χ4n) is 3.80. The van der Waals surface area contributed by atoms with Crippen molar-refractivity contribution in [3.05, 3.63) is 52.1 Å². The van der Waals surface area contributed by atoms with E-state index in [1.807, 2.05) is 43.5 Å². The second-order valence-corrected chi connectivity index (χ2v) is 10.5. The zero-order valence-corrected chi connectivity index (χ0v) is 21.7. The minimum absolute atomic E-state index is 0.107. The van der Waals surface area contributed by atoms with Crippen LogP contribution >= 0.6 is 22.6 Å². The van der Waals surface area contributed by atoms with Crippen molar-refractivity contribution >= 4 is 51.7 Å². The first-order chi connectivity index (χ1) is 16.2. The number of amides is 2. The van der Waals surface area contributed by atoms with Gasteiger partial charge in [-0.25, -0.2) is 14.8 Å². The van der Waals surface area contributed by atoms with Crippen molar-refractivity contribution in [2.45, 2.75) is 39.2 Å². The highest BCUT2D eigenvalue weighted by Gasteiger charge is 2.27. The lowest BCUT2D eigenvalue weighted by atomic mass is 9.97. The first kappa shape index (κ1) is 24.2. The van der Waals surface area contributed by atoms with E-state index >= 15 is 0 Å². The Hall–Kier alpha value is -2.89. The van der Waals surface area contributed by atoms with Gasteiger partial charge in [0.2, 0.25) is 0 Å². The molecule has 0 unspecified atom stereocenters. The van der Waals surface area contributed by atoms with E-state index in [4.69, 9.17) is 4.74 Å². The molecule has 0 spiro atoms. The zero-order valence-electron chi connectivity index (χ0n) is 19.5. The van der Waals surface area contributed by atoms with Gasteiger partial charge in [-0.15, -0.1) is 0 Å². The second kappa shape index (κ2) is 10.2. The lowest BCUT2D eigenvalue weighted by Crippen LogP contribution is -2.43. The van der Waals surface area contributed by atoms with Gasteiger partial charge >= 0.3 is 6.09 Å². The van der Waals surface area contributed by atoms with Crippen molar-refractivity contribution in [1.82, 2.24) is 24.6 Å². The Morgan fingerprint density at radius 1 is 1.15 bits per heavy atom. The third kappa shape index (κ3) is 5.96. The van der Waals surface area contributed by atoms with E-state index < -0.39 is 5.60 Å². The standard InChI is InChI=1S/C24H29IN6O3/c1-24(2,3)34-23(33)30-11-8-16(9-12-30)14-28-22(32)17-4-6-18(7-5-17)29-20-21-27-15-19(25)31(21)13-10-26-20/h4-7,10,13,15-16H,8-9,11-12,14H2,1-3H3,(H,26,29)(H,28,32). The van der Waals surface area contributed by atoms with E-state index in [1.54, 1.807) is 29.4 Å². The molecule has 1 aliphatic heterocycles. The number of nitrogens with zero attached hydrogens (tertiary/aromatic N) is 4. The van der Waals surface area contributed by atoms with Crippen LogP contribution in [0.4, 0.5) is 16.3 Å². The Morgan fingerprint density at radius 3 is 2.53 bits per heavy atom. The molecule has 2 N–H and O–H groups in total. The molecule has 10 heteroatoms. The Kier molecular flexibility index (Phi) is 7.24. The van der Waals surface area contributed by atoms with Gasteiger partial charge in [0.15, 0.2) is 11.5 Å². The monoisotopic (exact) mass is 576 g/mol. The number of aromatic nitrogens is 3. The molecule has 3 aromatic rings. The van der Waals surface area contributed by atoms with Gasteiger partial charge in [0, 0.05) is 43.3 Å². The van der Waals surface area contributed by atoms with E-state index in [1.165, 1.54) is 0 Å². The number of hydrogen-bond donors (Lipinski definition) is 2. The summed E-state index contributed by atoms with van der Waals surface area (Å²) < 4.78 is 8.40. The average molecular weight is 576 g/mol. The normalized spacial score (nSPS) is 14.8. The number of ether oxygens (including phenoxy) is 1. The van der Waals surface area contributed by atoms with Crippen LogP contribution in [0.25, 0.3) is 5.65 Å². The molecule has 0 aliphatic carbocycles. The Balaban J connectivity index is 1.26.